The predicted octanol–water partition coefficient (Wildman–Crippen LogP) is 0.175. The van der Waals surface area contributed by atoms with Crippen LogP contribution in [0.4, 0.5) is 0 Å². The van der Waals surface area contributed by atoms with E-state index in [1.54, 1.807) is 18.3 Å². The Bertz CT molecular complexity index is 174. The average Bonchev–Trinajstić information content (AvgIpc) is 1.69. The van der Waals surface area contributed by atoms with E-state index in [1.807, 2.05) is 0 Å². The summed E-state index contributed by atoms with van der Waals surface area (Å²) in [5.41, 5.74) is -0.178. The summed E-state index contributed by atoms with van der Waals surface area (Å²) in [6, 6.07) is 5.70. The Morgan fingerprint density at radius 1 is 1.71 bits per heavy atom. The molecule has 2 heteroatoms. The van der Waals surface area contributed by atoms with Crippen molar-refractivity contribution in [1.29, 1.82) is 0 Å². The molecule has 0 aliphatic heterocycles. The molecule has 1 aromatic heterocycles. The van der Waals surface area contributed by atoms with Crippen LogP contribution in [0.15, 0.2) is 23.1 Å². The maximum atomic E-state index is 10.2. The second kappa shape index (κ2) is 1.60. The first-order valence-electron chi connectivity index (χ1n) is 1.95. The van der Waals surface area contributed by atoms with Crippen molar-refractivity contribution in [2.75, 3.05) is 0 Å². The summed E-state index contributed by atoms with van der Waals surface area (Å²) in [5.74, 6) is 0. The van der Waals surface area contributed by atoms with Crippen LogP contribution in [0, 0.1) is 6.07 Å². The summed E-state index contributed by atoms with van der Waals surface area (Å²) < 4.78 is 0. The van der Waals surface area contributed by atoms with E-state index < -0.39 is 0 Å². The molecule has 0 saturated carbocycles. The first-order valence-corrected chi connectivity index (χ1v) is 1.95. The zero-order chi connectivity index (χ0) is 5.11. The zero-order valence-electron chi connectivity index (χ0n) is 3.64. The second-order valence-electron chi connectivity index (χ2n) is 1.14. The van der Waals surface area contributed by atoms with Gasteiger partial charge < -0.3 is 4.98 Å². The lowest BCUT2D eigenvalue weighted by Crippen LogP contribution is -1.99. The summed E-state index contributed by atoms with van der Waals surface area (Å²) in [6.07, 6.45) is 1.57. The van der Waals surface area contributed by atoms with Crippen LogP contribution < -0.4 is 5.56 Å². The van der Waals surface area contributed by atoms with Crippen LogP contribution in [-0.4, -0.2) is 4.98 Å². The lowest BCUT2D eigenvalue weighted by molar-refractivity contribution is 1.23. The van der Waals surface area contributed by atoms with Gasteiger partial charge in [-0.1, -0.05) is 0 Å². The summed E-state index contributed by atoms with van der Waals surface area (Å²) in [5, 5.41) is 0. The fourth-order valence-corrected chi connectivity index (χ4v) is 0.337. The van der Waals surface area contributed by atoms with E-state index >= 15 is 0 Å². The molecule has 7 heavy (non-hydrogen) atoms. The van der Waals surface area contributed by atoms with Crippen LogP contribution in [0.2, 0.25) is 0 Å². The molecule has 0 aliphatic rings. The first kappa shape index (κ1) is 4.12. The molecule has 2 nitrogen and oxygen atoms in total. The van der Waals surface area contributed by atoms with Crippen molar-refractivity contribution < 1.29 is 0 Å². The zero-order valence-corrected chi connectivity index (χ0v) is 3.64. The molecule has 0 spiro atoms. The SMILES string of the molecule is O=c1[c]ccc[nH]1. The normalized spacial score (nSPS) is 8.57. The lowest BCUT2D eigenvalue weighted by Gasteiger charge is -1.72. The minimum absolute atomic E-state index is 0.178. The van der Waals surface area contributed by atoms with E-state index in [2.05, 4.69) is 11.1 Å². The molecular weight excluding hydrogens is 90.1 g/mol. The maximum Gasteiger partial charge on any atom is 0.256 e. The highest BCUT2D eigenvalue weighted by Gasteiger charge is 1.70. The first-order chi connectivity index (χ1) is 3.39. The van der Waals surface area contributed by atoms with Gasteiger partial charge >= 0.3 is 0 Å². The molecule has 1 heterocycles. The number of aromatic amines is 1. The highest BCUT2D eigenvalue weighted by molar-refractivity contribution is 4.87. The molecule has 0 unspecified atom stereocenters. The van der Waals surface area contributed by atoms with Gasteiger partial charge in [-0.15, -0.1) is 0 Å². The monoisotopic (exact) mass is 94.0 g/mol. The Morgan fingerprint density at radius 2 is 2.57 bits per heavy atom. The van der Waals surface area contributed by atoms with Crippen molar-refractivity contribution in [2.24, 2.45) is 0 Å². The Kier molecular flexibility index (Phi) is 0.941. The molecule has 0 aromatic carbocycles. The van der Waals surface area contributed by atoms with Crippen LogP contribution >= 0.6 is 0 Å². The fraction of sp³-hybridized carbons (Fsp3) is 0. The third kappa shape index (κ3) is 0.892. The highest BCUT2D eigenvalue weighted by atomic mass is 16.1. The number of rotatable bonds is 0. The molecule has 0 bridgehead atoms. The van der Waals surface area contributed by atoms with Gasteiger partial charge in [0, 0.05) is 6.20 Å². The topological polar surface area (TPSA) is 32.9 Å². The predicted molar refractivity (Wildman–Crippen MR) is 25.9 cm³/mol. The summed E-state index contributed by atoms with van der Waals surface area (Å²) >= 11 is 0. The number of aromatic nitrogens is 1. The Labute approximate surface area is 40.8 Å². The van der Waals surface area contributed by atoms with Gasteiger partial charge in [0.25, 0.3) is 5.56 Å². The van der Waals surface area contributed by atoms with E-state index in [-0.39, 0.29) is 5.56 Å². The summed E-state index contributed by atoms with van der Waals surface area (Å²) in [6.45, 7) is 0. The number of nitrogens with one attached hydrogen (secondary N) is 1. The largest absolute Gasteiger partial charge is 0.329 e. The van der Waals surface area contributed by atoms with E-state index in [1.165, 1.54) is 0 Å². The number of hydrogen-bond acceptors (Lipinski definition) is 1. The fourth-order valence-electron chi connectivity index (χ4n) is 0.337. The average molecular weight is 94.1 g/mol. The molecule has 0 saturated heterocycles. The van der Waals surface area contributed by atoms with Crippen molar-refractivity contribution in [1.82, 2.24) is 4.98 Å². The molecule has 0 amide bonds. The molecule has 0 atom stereocenters. The highest BCUT2D eigenvalue weighted by Crippen LogP contribution is 1.65. The number of hydrogen-bond donors (Lipinski definition) is 1. The minimum atomic E-state index is -0.178. The summed E-state index contributed by atoms with van der Waals surface area (Å²) in [4.78, 5) is 12.6. The van der Waals surface area contributed by atoms with Gasteiger partial charge in [0.2, 0.25) is 0 Å². The molecule has 35 valence electrons. The lowest BCUT2D eigenvalue weighted by atomic mass is 10.5. The number of H-pyrrole nitrogens is 1. The van der Waals surface area contributed by atoms with Crippen LogP contribution in [0.3, 0.4) is 0 Å². The van der Waals surface area contributed by atoms with Gasteiger partial charge in [-0.3, -0.25) is 4.79 Å². The second-order valence-corrected chi connectivity index (χ2v) is 1.14. The van der Waals surface area contributed by atoms with Crippen molar-refractivity contribution in [2.45, 2.75) is 0 Å². The van der Waals surface area contributed by atoms with Crippen LogP contribution in [0.1, 0.15) is 0 Å². The van der Waals surface area contributed by atoms with E-state index in [0.29, 0.717) is 0 Å². The third-order valence-corrected chi connectivity index (χ3v) is 0.621. The Morgan fingerprint density at radius 3 is 2.86 bits per heavy atom. The quantitative estimate of drug-likeness (QED) is 0.488. The van der Waals surface area contributed by atoms with Crippen LogP contribution in [0.5, 0.6) is 0 Å². The van der Waals surface area contributed by atoms with E-state index in [9.17, 15) is 4.79 Å². The number of pyridine rings is 1. The maximum absolute atomic E-state index is 10.2. The van der Waals surface area contributed by atoms with Crippen LogP contribution in [0.25, 0.3) is 0 Å². The molecular formula is C5H4NO. The minimum Gasteiger partial charge on any atom is -0.329 e. The van der Waals surface area contributed by atoms with Gasteiger partial charge in [-0.05, 0) is 12.1 Å². The van der Waals surface area contributed by atoms with Crippen molar-refractivity contribution in [3.05, 3.63) is 34.7 Å². The van der Waals surface area contributed by atoms with Crippen LogP contribution in [-0.2, 0) is 0 Å². The van der Waals surface area contributed by atoms with Crippen molar-refractivity contribution >= 4 is 0 Å². The van der Waals surface area contributed by atoms with Gasteiger partial charge in [-0.25, -0.2) is 0 Å². The third-order valence-electron chi connectivity index (χ3n) is 0.621. The molecule has 1 rings (SSSR count). The van der Waals surface area contributed by atoms with Gasteiger partial charge in [-0.2, -0.15) is 0 Å². The van der Waals surface area contributed by atoms with Crippen molar-refractivity contribution in [3.8, 4) is 0 Å². The molecule has 1 aromatic rings. The van der Waals surface area contributed by atoms with Crippen molar-refractivity contribution in [3.63, 3.8) is 0 Å². The van der Waals surface area contributed by atoms with Gasteiger partial charge in [0.15, 0.2) is 0 Å². The Balaban J connectivity index is 3.28. The molecule has 0 aliphatic carbocycles. The molecule has 1 N–H and O–H groups in total. The van der Waals surface area contributed by atoms with E-state index in [4.69, 9.17) is 0 Å². The van der Waals surface area contributed by atoms with Gasteiger partial charge in [0.05, 0.1) is 6.07 Å². The standard InChI is InChI=1S/C5H4NO/c7-5-3-1-2-4-6-5/h1-2,4H,(H,6,7). The van der Waals surface area contributed by atoms with Gasteiger partial charge in [0.1, 0.15) is 0 Å². The molecule has 0 fully saturated rings. The van der Waals surface area contributed by atoms with E-state index in [0.717, 1.165) is 0 Å². The summed E-state index contributed by atoms with van der Waals surface area (Å²) in [7, 11) is 0. The Hall–Kier alpha value is -1.05. The smallest absolute Gasteiger partial charge is 0.256 e. The molecule has 1 radical (unpaired) electrons.